The molecule has 0 bridgehead atoms. The van der Waals surface area contributed by atoms with E-state index in [1.54, 1.807) is 0 Å². The molecule has 4 heteroatoms. The van der Waals surface area contributed by atoms with Gasteiger partial charge in [0.2, 0.25) is 0 Å². The van der Waals surface area contributed by atoms with Crippen molar-refractivity contribution >= 4 is 5.69 Å². The fourth-order valence-electron chi connectivity index (χ4n) is 2.14. The molecule has 0 saturated heterocycles. The molecule has 112 valence electrons. The highest BCUT2D eigenvalue weighted by atomic mass is 19.4. The van der Waals surface area contributed by atoms with Crippen molar-refractivity contribution in [3.8, 4) is 0 Å². The molecule has 0 fully saturated rings. The summed E-state index contributed by atoms with van der Waals surface area (Å²) < 4.78 is 37.4. The molecule has 1 atom stereocenters. The molecule has 0 aliphatic heterocycles. The van der Waals surface area contributed by atoms with E-state index in [0.29, 0.717) is 5.69 Å². The molecular weight excluding hydrogens is 275 g/mol. The zero-order valence-corrected chi connectivity index (χ0v) is 11.8. The Morgan fingerprint density at radius 3 is 2.14 bits per heavy atom. The summed E-state index contributed by atoms with van der Waals surface area (Å²) in [6.07, 6.45) is -2.42. The minimum atomic E-state index is -4.28. The van der Waals surface area contributed by atoms with Crippen LogP contribution in [-0.2, 0) is 12.6 Å². The standard InChI is InChI=1S/C17H18F3N/c1-13(7-8-14-5-3-2-4-6-14)21-16-11-9-15(10-12-16)17(18,19)20/h2-6,9-13,21H,7-8H2,1H3. The lowest BCUT2D eigenvalue weighted by atomic mass is 10.1. The fraction of sp³-hybridized carbons (Fsp3) is 0.294. The number of halogens is 3. The van der Waals surface area contributed by atoms with Crippen LogP contribution in [0.5, 0.6) is 0 Å². The van der Waals surface area contributed by atoms with Gasteiger partial charge in [-0.05, 0) is 49.6 Å². The molecule has 2 aromatic carbocycles. The number of aryl methyl sites for hydroxylation is 1. The molecule has 1 N–H and O–H groups in total. The van der Waals surface area contributed by atoms with Gasteiger partial charge in [0.1, 0.15) is 0 Å². The number of anilines is 1. The second-order valence-corrected chi connectivity index (χ2v) is 5.14. The average molecular weight is 293 g/mol. The van der Waals surface area contributed by atoms with Gasteiger partial charge in [0.05, 0.1) is 5.56 Å². The Labute approximate surface area is 122 Å². The van der Waals surface area contributed by atoms with Crippen molar-refractivity contribution in [2.75, 3.05) is 5.32 Å². The van der Waals surface area contributed by atoms with Crippen LogP contribution in [0.3, 0.4) is 0 Å². The number of alkyl halides is 3. The summed E-state index contributed by atoms with van der Waals surface area (Å²) in [5, 5.41) is 3.22. The van der Waals surface area contributed by atoms with Crippen LogP contribution in [0.25, 0.3) is 0 Å². The van der Waals surface area contributed by atoms with Crippen molar-refractivity contribution in [3.63, 3.8) is 0 Å². The molecule has 0 radical (unpaired) electrons. The topological polar surface area (TPSA) is 12.0 Å². The van der Waals surface area contributed by atoms with E-state index in [-0.39, 0.29) is 6.04 Å². The molecule has 1 nitrogen and oxygen atoms in total. The first-order chi connectivity index (χ1) is 9.95. The van der Waals surface area contributed by atoms with Gasteiger partial charge in [0.15, 0.2) is 0 Å². The third-order valence-corrected chi connectivity index (χ3v) is 3.33. The molecule has 0 amide bonds. The van der Waals surface area contributed by atoms with Crippen LogP contribution in [0, 0.1) is 0 Å². The number of hydrogen-bond acceptors (Lipinski definition) is 1. The zero-order valence-electron chi connectivity index (χ0n) is 11.8. The molecular formula is C17H18F3N. The van der Waals surface area contributed by atoms with Gasteiger partial charge in [-0.3, -0.25) is 0 Å². The summed E-state index contributed by atoms with van der Waals surface area (Å²) in [6.45, 7) is 2.03. The van der Waals surface area contributed by atoms with E-state index in [4.69, 9.17) is 0 Å². The maximum Gasteiger partial charge on any atom is 0.416 e. The van der Waals surface area contributed by atoms with Gasteiger partial charge in [-0.1, -0.05) is 30.3 Å². The van der Waals surface area contributed by atoms with E-state index < -0.39 is 11.7 Å². The minimum absolute atomic E-state index is 0.196. The average Bonchev–Trinajstić information content (AvgIpc) is 2.46. The van der Waals surface area contributed by atoms with Crippen LogP contribution >= 0.6 is 0 Å². The maximum absolute atomic E-state index is 12.5. The highest BCUT2D eigenvalue weighted by Gasteiger charge is 2.29. The molecule has 0 heterocycles. The lowest BCUT2D eigenvalue weighted by molar-refractivity contribution is -0.137. The van der Waals surface area contributed by atoms with E-state index in [9.17, 15) is 13.2 Å². The Morgan fingerprint density at radius 1 is 0.952 bits per heavy atom. The van der Waals surface area contributed by atoms with Crippen molar-refractivity contribution in [2.24, 2.45) is 0 Å². The summed E-state index contributed by atoms with van der Waals surface area (Å²) in [5.74, 6) is 0. The van der Waals surface area contributed by atoms with Crippen molar-refractivity contribution in [2.45, 2.75) is 32.0 Å². The van der Waals surface area contributed by atoms with Gasteiger partial charge < -0.3 is 5.32 Å². The Balaban J connectivity index is 1.86. The van der Waals surface area contributed by atoms with E-state index >= 15 is 0 Å². The van der Waals surface area contributed by atoms with Gasteiger partial charge in [-0.2, -0.15) is 13.2 Å². The monoisotopic (exact) mass is 293 g/mol. The highest BCUT2D eigenvalue weighted by Crippen LogP contribution is 2.29. The highest BCUT2D eigenvalue weighted by molar-refractivity contribution is 5.45. The van der Waals surface area contributed by atoms with Crippen LogP contribution in [-0.4, -0.2) is 6.04 Å². The predicted octanol–water partition coefficient (Wildman–Crippen LogP) is 5.14. The quantitative estimate of drug-likeness (QED) is 0.805. The van der Waals surface area contributed by atoms with Crippen LogP contribution in [0.2, 0.25) is 0 Å². The van der Waals surface area contributed by atoms with Crippen molar-refractivity contribution in [3.05, 3.63) is 65.7 Å². The molecule has 0 aliphatic carbocycles. The summed E-state index contributed by atoms with van der Waals surface area (Å²) in [4.78, 5) is 0. The maximum atomic E-state index is 12.5. The lowest BCUT2D eigenvalue weighted by Gasteiger charge is -2.16. The largest absolute Gasteiger partial charge is 0.416 e. The minimum Gasteiger partial charge on any atom is -0.383 e. The van der Waals surface area contributed by atoms with Crippen LogP contribution in [0.1, 0.15) is 24.5 Å². The second-order valence-electron chi connectivity index (χ2n) is 5.14. The summed E-state index contributed by atoms with van der Waals surface area (Å²) in [6, 6.07) is 15.5. The first kappa shape index (κ1) is 15.4. The van der Waals surface area contributed by atoms with Crippen LogP contribution in [0.15, 0.2) is 54.6 Å². The fourth-order valence-corrected chi connectivity index (χ4v) is 2.14. The normalized spacial score (nSPS) is 13.0. The number of benzene rings is 2. The second kappa shape index (κ2) is 6.66. The van der Waals surface area contributed by atoms with Crippen molar-refractivity contribution in [1.82, 2.24) is 0 Å². The molecule has 0 aliphatic rings. The van der Waals surface area contributed by atoms with Crippen LogP contribution < -0.4 is 5.32 Å². The molecule has 0 saturated carbocycles. The van der Waals surface area contributed by atoms with Gasteiger partial charge in [-0.15, -0.1) is 0 Å². The number of hydrogen-bond donors (Lipinski definition) is 1. The van der Waals surface area contributed by atoms with Gasteiger partial charge in [0.25, 0.3) is 0 Å². The molecule has 1 unspecified atom stereocenters. The Hall–Kier alpha value is -1.97. The molecule has 0 spiro atoms. The number of rotatable bonds is 5. The third kappa shape index (κ3) is 4.81. The SMILES string of the molecule is CC(CCc1ccccc1)Nc1ccc(C(F)(F)F)cc1. The Morgan fingerprint density at radius 2 is 1.57 bits per heavy atom. The molecule has 21 heavy (non-hydrogen) atoms. The first-order valence-electron chi connectivity index (χ1n) is 6.93. The van der Waals surface area contributed by atoms with E-state index in [2.05, 4.69) is 17.4 Å². The van der Waals surface area contributed by atoms with E-state index in [1.165, 1.54) is 17.7 Å². The first-order valence-corrected chi connectivity index (χ1v) is 6.93. The molecule has 2 rings (SSSR count). The van der Waals surface area contributed by atoms with Crippen LogP contribution in [0.4, 0.5) is 18.9 Å². The smallest absolute Gasteiger partial charge is 0.383 e. The van der Waals surface area contributed by atoms with Gasteiger partial charge in [0, 0.05) is 11.7 Å². The van der Waals surface area contributed by atoms with Gasteiger partial charge >= 0.3 is 6.18 Å². The number of nitrogens with one attached hydrogen (secondary N) is 1. The van der Waals surface area contributed by atoms with E-state index in [1.807, 2.05) is 25.1 Å². The Bertz CT molecular complexity index is 546. The van der Waals surface area contributed by atoms with Gasteiger partial charge in [-0.25, -0.2) is 0 Å². The predicted molar refractivity (Wildman–Crippen MR) is 79.3 cm³/mol. The van der Waals surface area contributed by atoms with E-state index in [0.717, 1.165) is 25.0 Å². The van der Waals surface area contributed by atoms with Crippen molar-refractivity contribution < 1.29 is 13.2 Å². The Kier molecular flexibility index (Phi) is 4.89. The summed E-state index contributed by atoms with van der Waals surface area (Å²) in [5.41, 5.74) is 1.35. The molecule has 2 aromatic rings. The summed E-state index contributed by atoms with van der Waals surface area (Å²) >= 11 is 0. The van der Waals surface area contributed by atoms with Crippen molar-refractivity contribution in [1.29, 1.82) is 0 Å². The zero-order chi connectivity index (χ0) is 15.3. The third-order valence-electron chi connectivity index (χ3n) is 3.33. The lowest BCUT2D eigenvalue weighted by Crippen LogP contribution is -2.16. The molecule has 0 aromatic heterocycles. The summed E-state index contributed by atoms with van der Waals surface area (Å²) in [7, 11) is 0.